The number of fused-ring (bicyclic) bond motifs is 3. The first-order valence-electron chi connectivity index (χ1n) is 21.3. The summed E-state index contributed by atoms with van der Waals surface area (Å²) in [6.45, 7) is 0. The Hall–Kier alpha value is -8.15. The number of benzene rings is 8. The standard InChI is InChI=1S/C44H27Cl2N9O22S5/c45-18-9-26(44(61)62)36(27(46)10-18)52-54-37-30(78-76-74-63)7-16-1-3-20(12-22(16)40(37)56)49-53-38-31(79-77-75-64)14-25-32(81(68,69)70)15-29(35(47)34(25)42(38)58)51-48-19-4-2-17-8-33(82(71,72)73)39(41(57)23(17)11-19)55-50-28-6-5-21(80(65,66)67)13-24(28)43(59)60/h1-15,56-58,63-64H,47H2,(H,59,60)(H,61,62)(H,65,66,67)(H,68,69,70)(H,71,72,73). The van der Waals surface area contributed by atoms with E-state index in [1.54, 1.807) is 0 Å². The minimum Gasteiger partial charge on any atom is -0.505 e. The van der Waals surface area contributed by atoms with E-state index in [9.17, 15) is 74.0 Å². The van der Waals surface area contributed by atoms with Crippen molar-refractivity contribution in [3.8, 4) is 17.2 Å². The number of nitrogens with two attached hydrogens (primary N) is 1. The Kier molecular flexibility index (Phi) is 17.4. The fraction of sp³-hybridized carbons (Fsp3) is 0. The number of carbonyl (C=O) groups is 2. The molecule has 0 bridgehead atoms. The third-order valence-electron chi connectivity index (χ3n) is 11.1. The van der Waals surface area contributed by atoms with Crippen LogP contribution in [0.25, 0.3) is 32.3 Å². The van der Waals surface area contributed by atoms with Gasteiger partial charge in [0.05, 0.1) is 77.4 Å². The second kappa shape index (κ2) is 23.7. The maximum atomic E-state index is 12.9. The fourth-order valence-electron chi connectivity index (χ4n) is 7.49. The van der Waals surface area contributed by atoms with Gasteiger partial charge in [0.1, 0.15) is 43.9 Å². The Bertz CT molecular complexity index is 4520. The zero-order valence-electron chi connectivity index (χ0n) is 39.5. The summed E-state index contributed by atoms with van der Waals surface area (Å²) in [5.41, 5.74) is 0.877. The van der Waals surface area contributed by atoms with Crippen LogP contribution in [0.5, 0.6) is 17.2 Å². The van der Waals surface area contributed by atoms with Crippen LogP contribution in [-0.2, 0) is 49.1 Å². The molecule has 0 saturated carbocycles. The first-order chi connectivity index (χ1) is 38.6. The van der Waals surface area contributed by atoms with E-state index in [2.05, 4.69) is 59.7 Å². The predicted octanol–water partition coefficient (Wildman–Crippen LogP) is 12.8. The van der Waals surface area contributed by atoms with Crippen LogP contribution in [0.4, 0.5) is 51.2 Å². The average molecular weight is 1260 g/mol. The topological polar surface area (TPSA) is 501 Å². The van der Waals surface area contributed by atoms with Crippen molar-refractivity contribution in [1.29, 1.82) is 0 Å². The second-order valence-corrected chi connectivity index (χ2v) is 22.5. The van der Waals surface area contributed by atoms with Crippen molar-refractivity contribution in [3.05, 3.63) is 112 Å². The van der Waals surface area contributed by atoms with Gasteiger partial charge in [0.2, 0.25) is 0 Å². The van der Waals surface area contributed by atoms with E-state index in [0.717, 1.165) is 42.5 Å². The first kappa shape index (κ1) is 60.0. The first-order valence-corrected chi connectivity index (χ1v) is 27.9. The number of phenols is 3. The summed E-state index contributed by atoms with van der Waals surface area (Å²) in [5, 5.41) is 109. The van der Waals surface area contributed by atoms with Crippen LogP contribution in [0.2, 0.25) is 10.0 Å². The van der Waals surface area contributed by atoms with Crippen molar-refractivity contribution in [3.63, 3.8) is 0 Å². The molecule has 0 fully saturated rings. The molecule has 0 spiro atoms. The molecule has 0 amide bonds. The number of rotatable bonds is 19. The van der Waals surface area contributed by atoms with Crippen molar-refractivity contribution in [2.24, 2.45) is 40.9 Å². The zero-order valence-corrected chi connectivity index (χ0v) is 45.1. The molecule has 0 aromatic heterocycles. The van der Waals surface area contributed by atoms with Gasteiger partial charge in [-0.2, -0.15) is 35.5 Å². The minimum atomic E-state index is -5.29. The zero-order chi connectivity index (χ0) is 59.7. The van der Waals surface area contributed by atoms with E-state index >= 15 is 0 Å². The largest absolute Gasteiger partial charge is 0.505 e. The third-order valence-corrected chi connectivity index (χ3v) is 15.4. The highest BCUT2D eigenvalue weighted by Gasteiger charge is 2.28. The number of phenolic OH excluding ortho intramolecular Hbond substituents is 3. The molecule has 0 radical (unpaired) electrons. The molecule has 8 aromatic rings. The van der Waals surface area contributed by atoms with E-state index in [0.29, 0.717) is 18.1 Å². The number of halogens is 2. The van der Waals surface area contributed by atoms with Crippen LogP contribution in [0.1, 0.15) is 20.7 Å². The molecule has 12 N–H and O–H groups in total. The molecule has 0 aliphatic heterocycles. The van der Waals surface area contributed by atoms with Crippen molar-refractivity contribution < 1.29 is 103 Å². The van der Waals surface area contributed by atoms with Crippen LogP contribution in [-0.4, -0.2) is 86.9 Å². The van der Waals surface area contributed by atoms with Gasteiger partial charge in [0.15, 0.2) is 17.2 Å². The van der Waals surface area contributed by atoms with Crippen molar-refractivity contribution >= 4 is 173 Å². The third kappa shape index (κ3) is 12.7. The number of carboxylic acid groups (broad SMARTS) is 2. The summed E-state index contributed by atoms with van der Waals surface area (Å²) in [6.07, 6.45) is 0. The number of aromatic hydroxyl groups is 3. The number of nitrogen functional groups attached to an aromatic ring is 1. The summed E-state index contributed by atoms with van der Waals surface area (Å²) in [6, 6.07) is 15.6. The highest BCUT2D eigenvalue weighted by atomic mass is 35.5. The lowest BCUT2D eigenvalue weighted by Crippen LogP contribution is -2.03. The summed E-state index contributed by atoms with van der Waals surface area (Å²) in [4.78, 5) is 20.7. The molecule has 0 unspecified atom stereocenters. The van der Waals surface area contributed by atoms with Gasteiger partial charge in [-0.1, -0.05) is 45.4 Å². The molecule has 424 valence electrons. The molecule has 0 aliphatic carbocycles. The second-order valence-electron chi connectivity index (χ2n) is 16.0. The van der Waals surface area contributed by atoms with Crippen molar-refractivity contribution in [2.45, 2.75) is 24.5 Å². The number of hydrogen-bond acceptors (Lipinski definition) is 28. The molecule has 8 aromatic carbocycles. The van der Waals surface area contributed by atoms with Crippen LogP contribution in [0, 0.1) is 0 Å². The number of hydrogen-bond donors (Lipinski definition) is 11. The van der Waals surface area contributed by atoms with E-state index in [1.165, 1.54) is 42.5 Å². The van der Waals surface area contributed by atoms with Gasteiger partial charge in [-0.3, -0.25) is 13.7 Å². The number of anilines is 1. The smallest absolute Gasteiger partial charge is 0.338 e. The van der Waals surface area contributed by atoms with Gasteiger partial charge < -0.3 is 31.3 Å². The maximum absolute atomic E-state index is 12.9. The molecule has 31 nitrogen and oxygen atoms in total. The highest BCUT2D eigenvalue weighted by molar-refractivity contribution is 7.95. The van der Waals surface area contributed by atoms with E-state index in [1.807, 2.05) is 0 Å². The lowest BCUT2D eigenvalue weighted by Gasteiger charge is -2.14. The Morgan fingerprint density at radius 2 is 1.01 bits per heavy atom. The van der Waals surface area contributed by atoms with Crippen LogP contribution in [0.3, 0.4) is 0 Å². The molecule has 38 heteroatoms. The summed E-state index contributed by atoms with van der Waals surface area (Å²) in [7, 11) is -15.4. The molecule has 8 rings (SSSR count). The summed E-state index contributed by atoms with van der Waals surface area (Å²) < 4.78 is 113. The molecular formula is C44H27Cl2N9O22S5. The monoisotopic (exact) mass is 1260 g/mol. The number of aromatic carboxylic acids is 2. The molecule has 0 atom stereocenters. The van der Waals surface area contributed by atoms with E-state index in [-0.39, 0.29) is 76.2 Å². The van der Waals surface area contributed by atoms with E-state index < -0.39 is 125 Å². The van der Waals surface area contributed by atoms with Gasteiger partial charge in [-0.15, -0.1) is 39.4 Å². The molecule has 0 saturated heterocycles. The van der Waals surface area contributed by atoms with Gasteiger partial charge in [-0.05, 0) is 89.6 Å². The Morgan fingerprint density at radius 1 is 0.500 bits per heavy atom. The van der Waals surface area contributed by atoms with Crippen molar-refractivity contribution in [2.75, 3.05) is 5.73 Å². The molecular weight excluding hydrogens is 1240 g/mol. The average Bonchev–Trinajstić information content (AvgIpc) is 3.16. The van der Waals surface area contributed by atoms with Gasteiger partial charge in [0, 0.05) is 21.2 Å². The molecule has 82 heavy (non-hydrogen) atoms. The van der Waals surface area contributed by atoms with Crippen LogP contribution < -0.4 is 5.73 Å². The van der Waals surface area contributed by atoms with Crippen molar-refractivity contribution in [1.82, 2.24) is 0 Å². The van der Waals surface area contributed by atoms with E-state index in [4.69, 9.17) is 39.5 Å². The van der Waals surface area contributed by atoms with Gasteiger partial charge in [0.25, 0.3) is 30.4 Å². The minimum absolute atomic E-state index is 0.0255. The lowest BCUT2D eigenvalue weighted by molar-refractivity contribution is -0.432. The van der Waals surface area contributed by atoms with Gasteiger partial charge in [-0.25, -0.2) is 20.1 Å². The number of azo groups is 4. The molecule has 0 heterocycles. The van der Waals surface area contributed by atoms with Crippen LogP contribution >= 0.6 is 47.3 Å². The quantitative estimate of drug-likeness (QED) is 0.00894. The summed E-state index contributed by atoms with van der Waals surface area (Å²) in [5.74, 6) is -5.87. The maximum Gasteiger partial charge on any atom is 0.338 e. The lowest BCUT2D eigenvalue weighted by atomic mass is 10.0. The SMILES string of the molecule is Nc1c(N=Nc2ccc3cc(S(=O)(=O)O)c(N=Nc4ccc(S(=O)(=O)O)cc4C(=O)O)c(O)c3c2)cc(S(=O)(=O)O)c2cc(SOOO)c(N=Nc3ccc4cc(SOOO)c(N=Nc5c(Cl)cc(Cl)cc5C(=O)O)c(O)c4c3)c(O)c12. The number of carboxylic acids is 2. The Balaban J connectivity index is 1.22. The number of nitrogens with zero attached hydrogens (tertiary/aromatic N) is 8. The predicted molar refractivity (Wildman–Crippen MR) is 286 cm³/mol. The summed E-state index contributed by atoms with van der Waals surface area (Å²) >= 11 is 12.7. The molecule has 0 aliphatic rings. The highest BCUT2D eigenvalue weighted by Crippen LogP contribution is 2.51. The Morgan fingerprint density at radius 3 is 1.59 bits per heavy atom. The van der Waals surface area contributed by atoms with Crippen LogP contribution in [0.15, 0.2) is 156 Å². The normalized spacial score (nSPS) is 12.6. The fourth-order valence-corrected chi connectivity index (χ4v) is 10.9. The van der Waals surface area contributed by atoms with Gasteiger partial charge >= 0.3 is 11.9 Å². The Labute approximate surface area is 474 Å².